The minimum absolute atomic E-state index is 0.228. The normalized spacial score (nSPS) is 11.3. The topological polar surface area (TPSA) is 3.88 Å². The predicted octanol–water partition coefficient (Wildman–Crippen LogP) is 5.88. The van der Waals surface area contributed by atoms with Gasteiger partial charge in [-0.25, -0.2) is 4.39 Å². The molecule has 0 aliphatic rings. The summed E-state index contributed by atoms with van der Waals surface area (Å²) in [6.45, 7) is 2.09. The van der Waals surface area contributed by atoms with Crippen LogP contribution in [-0.2, 0) is 0 Å². The Morgan fingerprint density at radius 1 is 0.724 bits per heavy atom. The van der Waals surface area contributed by atoms with Crippen LogP contribution in [0.3, 0.4) is 0 Å². The molecule has 0 fully saturated rings. The fourth-order valence-electron chi connectivity index (χ4n) is 4.04. The zero-order valence-corrected chi connectivity index (χ0v) is 17.2. The summed E-state index contributed by atoms with van der Waals surface area (Å²) in [6, 6.07) is 30.2. The van der Waals surface area contributed by atoms with Gasteiger partial charge in [0.1, 0.15) is 5.82 Å². The van der Waals surface area contributed by atoms with Gasteiger partial charge in [0.15, 0.2) is 0 Å². The molecule has 0 saturated carbocycles. The highest BCUT2D eigenvalue weighted by Gasteiger charge is 2.23. The lowest BCUT2D eigenvalue weighted by atomic mass is 9.94. The van der Waals surface area contributed by atoms with Crippen LogP contribution in [0.1, 0.15) is 5.56 Å². The molecule has 0 radical (unpaired) electrons. The molecule has 1 atom stereocenters. The first kappa shape index (κ1) is 18.0. The number of hydrogen-bond donors (Lipinski definition) is 0. The van der Waals surface area contributed by atoms with Crippen LogP contribution in [-0.4, -0.2) is 0 Å². The first-order chi connectivity index (χ1) is 14.1. The van der Waals surface area contributed by atoms with E-state index >= 15 is 0 Å². The van der Waals surface area contributed by atoms with E-state index in [0.29, 0.717) is 0 Å². The molecular weight excluding hydrogens is 376 g/mol. The zero-order chi connectivity index (χ0) is 20.0. The van der Waals surface area contributed by atoms with Gasteiger partial charge in [0, 0.05) is 29.8 Å². The molecule has 3 heteroatoms. The molecule has 0 aliphatic heterocycles. The van der Waals surface area contributed by atoms with E-state index in [-0.39, 0.29) is 5.82 Å². The average Bonchev–Trinajstić information content (AvgIpc) is 2.73. The number of fused-ring (bicyclic) bond motifs is 2. The monoisotopic (exact) mass is 396 g/mol. The van der Waals surface area contributed by atoms with Crippen molar-refractivity contribution in [3.63, 3.8) is 0 Å². The van der Waals surface area contributed by atoms with Gasteiger partial charge in [-0.2, -0.15) is 4.57 Å². The zero-order valence-electron chi connectivity index (χ0n) is 16.1. The Bertz CT molecular complexity index is 1300. The number of rotatable bonds is 2. The lowest BCUT2D eigenvalue weighted by molar-refractivity contribution is -0.537. The summed E-state index contributed by atoms with van der Waals surface area (Å²) in [5, 5.41) is 3.15. The number of benzene rings is 4. The summed E-state index contributed by atoms with van der Waals surface area (Å²) in [7, 11) is 2.72. The molecule has 1 heterocycles. The van der Waals surface area contributed by atoms with Gasteiger partial charge in [-0.15, -0.1) is 9.24 Å². The summed E-state index contributed by atoms with van der Waals surface area (Å²) in [4.78, 5) is 0. The minimum Gasteiger partial charge on any atom is -0.207 e. The van der Waals surface area contributed by atoms with Gasteiger partial charge in [0.25, 0.3) is 0 Å². The molecular formula is C26H20FNP+. The smallest absolute Gasteiger partial charge is 0.207 e. The van der Waals surface area contributed by atoms with Gasteiger partial charge in [-0.1, -0.05) is 42.0 Å². The molecule has 0 bridgehead atoms. The van der Waals surface area contributed by atoms with Gasteiger partial charge < -0.3 is 0 Å². The first-order valence-electron chi connectivity index (χ1n) is 9.61. The highest BCUT2D eigenvalue weighted by atomic mass is 31.0. The second-order valence-corrected chi connectivity index (χ2v) is 8.02. The van der Waals surface area contributed by atoms with Crippen LogP contribution >= 0.6 is 9.24 Å². The van der Waals surface area contributed by atoms with Crippen LogP contribution in [0.4, 0.5) is 4.39 Å². The van der Waals surface area contributed by atoms with Crippen LogP contribution in [0.15, 0.2) is 91.0 Å². The molecule has 0 amide bonds. The molecule has 140 valence electrons. The number of aromatic nitrogens is 1. The van der Waals surface area contributed by atoms with Gasteiger partial charge in [-0.3, -0.25) is 0 Å². The minimum atomic E-state index is -0.228. The van der Waals surface area contributed by atoms with Gasteiger partial charge in [0.2, 0.25) is 16.7 Å². The molecule has 5 rings (SSSR count). The molecule has 0 saturated heterocycles. The third-order valence-corrected chi connectivity index (χ3v) is 5.73. The summed E-state index contributed by atoms with van der Waals surface area (Å²) in [6.07, 6.45) is 0. The third kappa shape index (κ3) is 3.10. The van der Waals surface area contributed by atoms with Crippen LogP contribution in [0.25, 0.3) is 38.6 Å². The largest absolute Gasteiger partial charge is 0.219 e. The Hall–Kier alpha value is -3.09. The van der Waals surface area contributed by atoms with E-state index < -0.39 is 0 Å². The Morgan fingerprint density at radius 2 is 1.38 bits per heavy atom. The van der Waals surface area contributed by atoms with E-state index in [1.54, 1.807) is 6.07 Å². The SMILES string of the molecule is Cc1ccc2c(c1)c(-c1ccccc1)c1cc(F)ccc1[n+]2-c1ccc(P)cc1. The van der Waals surface area contributed by atoms with Crippen molar-refractivity contribution in [3.8, 4) is 16.8 Å². The van der Waals surface area contributed by atoms with Crippen LogP contribution in [0.5, 0.6) is 0 Å². The van der Waals surface area contributed by atoms with Gasteiger partial charge in [-0.05, 0) is 48.1 Å². The Balaban J connectivity index is 2.02. The van der Waals surface area contributed by atoms with E-state index in [9.17, 15) is 4.39 Å². The standard InChI is InChI=1S/C26H20FNP/c1-17-7-13-24-22(15-17)26(18-5-3-2-4-6-18)23-16-19(27)8-14-25(23)28(24)20-9-11-21(29)12-10-20/h2-16H,29H2,1H3/q+1. The molecule has 1 nitrogen and oxygen atoms in total. The maximum Gasteiger partial charge on any atom is 0.219 e. The lowest BCUT2D eigenvalue weighted by Crippen LogP contribution is -2.33. The summed E-state index contributed by atoms with van der Waals surface area (Å²) in [5.74, 6) is -0.228. The van der Waals surface area contributed by atoms with E-state index in [1.165, 1.54) is 11.6 Å². The highest BCUT2D eigenvalue weighted by Crippen LogP contribution is 2.35. The summed E-state index contributed by atoms with van der Waals surface area (Å²) < 4.78 is 16.6. The first-order valence-corrected chi connectivity index (χ1v) is 10.2. The Labute approximate surface area is 171 Å². The van der Waals surface area contributed by atoms with Crippen LogP contribution in [0.2, 0.25) is 0 Å². The summed E-state index contributed by atoms with van der Waals surface area (Å²) >= 11 is 0. The van der Waals surface area contributed by atoms with E-state index in [2.05, 4.69) is 75.3 Å². The van der Waals surface area contributed by atoms with Crippen LogP contribution < -0.4 is 9.87 Å². The van der Waals surface area contributed by atoms with Crippen molar-refractivity contribution in [1.82, 2.24) is 0 Å². The molecule has 0 aliphatic carbocycles. The molecule has 29 heavy (non-hydrogen) atoms. The lowest BCUT2D eigenvalue weighted by Gasteiger charge is -2.13. The number of pyridine rings is 1. The van der Waals surface area contributed by atoms with E-state index in [4.69, 9.17) is 0 Å². The van der Waals surface area contributed by atoms with Crippen molar-refractivity contribution in [2.24, 2.45) is 0 Å². The van der Waals surface area contributed by atoms with Crippen molar-refractivity contribution in [1.29, 1.82) is 0 Å². The highest BCUT2D eigenvalue weighted by molar-refractivity contribution is 7.27. The molecule has 4 aromatic carbocycles. The molecule has 1 unspecified atom stereocenters. The predicted molar refractivity (Wildman–Crippen MR) is 122 cm³/mol. The van der Waals surface area contributed by atoms with Crippen molar-refractivity contribution < 1.29 is 8.96 Å². The number of hydrogen-bond acceptors (Lipinski definition) is 0. The number of halogens is 1. The third-order valence-electron chi connectivity index (χ3n) is 5.34. The quantitative estimate of drug-likeness (QED) is 0.199. The van der Waals surface area contributed by atoms with E-state index in [1.807, 2.05) is 24.3 Å². The maximum absolute atomic E-state index is 14.4. The fraction of sp³-hybridized carbons (Fsp3) is 0.0385. The van der Waals surface area contributed by atoms with Crippen molar-refractivity contribution in [3.05, 3.63) is 102 Å². The van der Waals surface area contributed by atoms with Crippen molar-refractivity contribution in [2.75, 3.05) is 0 Å². The van der Waals surface area contributed by atoms with Crippen molar-refractivity contribution >= 4 is 36.4 Å². The fourth-order valence-corrected chi connectivity index (χ4v) is 4.23. The van der Waals surface area contributed by atoms with Gasteiger partial charge in [0.05, 0.1) is 10.8 Å². The second kappa shape index (κ2) is 7.06. The van der Waals surface area contributed by atoms with Gasteiger partial charge >= 0.3 is 0 Å². The Kier molecular flexibility index (Phi) is 4.38. The maximum atomic E-state index is 14.4. The Morgan fingerprint density at radius 3 is 2.10 bits per heavy atom. The van der Waals surface area contributed by atoms with E-state index in [0.717, 1.165) is 43.9 Å². The molecule has 0 spiro atoms. The molecule has 5 aromatic rings. The average molecular weight is 396 g/mol. The molecule has 0 N–H and O–H groups in total. The van der Waals surface area contributed by atoms with Crippen LogP contribution in [0, 0.1) is 12.7 Å². The number of nitrogens with zero attached hydrogens (tertiary/aromatic N) is 1. The molecule has 1 aromatic heterocycles. The summed E-state index contributed by atoms with van der Waals surface area (Å²) in [5.41, 5.74) is 6.48. The number of aryl methyl sites for hydroxylation is 1. The second-order valence-electron chi connectivity index (χ2n) is 7.35. The van der Waals surface area contributed by atoms with Crippen molar-refractivity contribution in [2.45, 2.75) is 6.92 Å².